The van der Waals surface area contributed by atoms with Crippen molar-refractivity contribution in [1.29, 1.82) is 0 Å². The lowest BCUT2D eigenvalue weighted by molar-refractivity contribution is -0.137. The predicted molar refractivity (Wildman–Crippen MR) is 105 cm³/mol. The number of alkyl halides is 3. The topological polar surface area (TPSA) is 53.9 Å². The molecule has 0 saturated carbocycles. The third kappa shape index (κ3) is 4.31. The van der Waals surface area contributed by atoms with Gasteiger partial charge in [0.15, 0.2) is 0 Å². The van der Waals surface area contributed by atoms with Gasteiger partial charge in [-0.3, -0.25) is 0 Å². The fourth-order valence-electron chi connectivity index (χ4n) is 3.38. The number of aromatic nitrogens is 3. The van der Waals surface area contributed by atoms with Gasteiger partial charge in [-0.15, -0.1) is 0 Å². The lowest BCUT2D eigenvalue weighted by Crippen LogP contribution is -2.32. The van der Waals surface area contributed by atoms with Crippen LogP contribution in [0, 0.1) is 6.92 Å². The van der Waals surface area contributed by atoms with Gasteiger partial charge in [-0.05, 0) is 36.2 Å². The van der Waals surface area contributed by atoms with E-state index in [2.05, 4.69) is 25.2 Å². The third-order valence-corrected chi connectivity index (χ3v) is 4.94. The van der Waals surface area contributed by atoms with Gasteiger partial charge in [0.05, 0.1) is 11.3 Å². The minimum absolute atomic E-state index is 0.246. The Balaban J connectivity index is 1.53. The molecule has 5 nitrogen and oxygen atoms in total. The number of aryl methyl sites for hydroxylation is 1. The second-order valence-electron chi connectivity index (χ2n) is 7.06. The summed E-state index contributed by atoms with van der Waals surface area (Å²) < 4.78 is 38.8. The Morgan fingerprint density at radius 3 is 2.72 bits per heavy atom. The van der Waals surface area contributed by atoms with Crippen LogP contribution in [0.2, 0.25) is 0 Å². The van der Waals surface area contributed by atoms with Crippen molar-refractivity contribution in [3.63, 3.8) is 0 Å². The van der Waals surface area contributed by atoms with Gasteiger partial charge in [0.2, 0.25) is 0 Å². The highest BCUT2D eigenvalue weighted by atomic mass is 19.4. The number of hydrogen-bond donors (Lipinski definition) is 1. The van der Waals surface area contributed by atoms with Crippen molar-refractivity contribution < 1.29 is 13.2 Å². The number of anilines is 2. The summed E-state index contributed by atoms with van der Waals surface area (Å²) in [6, 6.07) is 9.32. The molecule has 3 aromatic rings. The first-order valence-electron chi connectivity index (χ1n) is 9.30. The monoisotopic (exact) mass is 399 g/mol. The molecular weight excluding hydrogens is 379 g/mol. The van der Waals surface area contributed by atoms with E-state index in [1.165, 1.54) is 12.4 Å². The Hall–Kier alpha value is -3.16. The molecule has 0 amide bonds. The van der Waals surface area contributed by atoms with E-state index in [1.807, 2.05) is 25.3 Å². The van der Waals surface area contributed by atoms with Crippen LogP contribution in [-0.2, 0) is 25.7 Å². The third-order valence-electron chi connectivity index (χ3n) is 4.94. The highest BCUT2D eigenvalue weighted by Crippen LogP contribution is 2.30. The zero-order valence-electron chi connectivity index (χ0n) is 15.9. The number of benzene rings is 1. The summed E-state index contributed by atoms with van der Waals surface area (Å²) in [4.78, 5) is 15.3. The second-order valence-corrected chi connectivity index (χ2v) is 7.06. The van der Waals surface area contributed by atoms with E-state index in [1.54, 1.807) is 6.07 Å². The average Bonchev–Trinajstić information content (AvgIpc) is 2.72. The van der Waals surface area contributed by atoms with Gasteiger partial charge in [0.1, 0.15) is 18.0 Å². The van der Waals surface area contributed by atoms with E-state index in [0.29, 0.717) is 17.9 Å². The lowest BCUT2D eigenvalue weighted by Gasteiger charge is -2.30. The van der Waals surface area contributed by atoms with E-state index in [-0.39, 0.29) is 6.54 Å². The molecule has 4 rings (SSSR count). The van der Waals surface area contributed by atoms with Gasteiger partial charge in [-0.25, -0.2) is 15.0 Å². The summed E-state index contributed by atoms with van der Waals surface area (Å²) >= 11 is 0. The number of nitrogens with zero attached hydrogens (tertiary/aromatic N) is 4. The summed E-state index contributed by atoms with van der Waals surface area (Å²) in [6.45, 7) is 3.63. The van der Waals surface area contributed by atoms with Gasteiger partial charge in [0, 0.05) is 37.8 Å². The molecule has 1 aliphatic heterocycles. The van der Waals surface area contributed by atoms with E-state index in [9.17, 15) is 13.2 Å². The molecule has 2 aromatic heterocycles. The highest BCUT2D eigenvalue weighted by Gasteiger charge is 2.30. The minimum atomic E-state index is -4.36. The van der Waals surface area contributed by atoms with Crippen LogP contribution in [0.25, 0.3) is 0 Å². The summed E-state index contributed by atoms with van der Waals surface area (Å²) in [6.07, 6.45) is -0.274. The quantitative estimate of drug-likeness (QED) is 0.706. The molecule has 0 bridgehead atoms. The van der Waals surface area contributed by atoms with E-state index < -0.39 is 11.7 Å². The zero-order valence-corrected chi connectivity index (χ0v) is 15.9. The number of pyridine rings is 1. The highest BCUT2D eigenvalue weighted by molar-refractivity contribution is 5.52. The molecule has 0 unspecified atom stereocenters. The minimum Gasteiger partial charge on any atom is -0.366 e. The maximum Gasteiger partial charge on any atom is 0.416 e. The van der Waals surface area contributed by atoms with Gasteiger partial charge in [-0.1, -0.05) is 18.2 Å². The summed E-state index contributed by atoms with van der Waals surface area (Å²) in [5.74, 6) is 1.53. The number of halogens is 3. The van der Waals surface area contributed by atoms with Crippen LogP contribution >= 0.6 is 0 Å². The van der Waals surface area contributed by atoms with Crippen LogP contribution in [0.5, 0.6) is 0 Å². The molecule has 29 heavy (non-hydrogen) atoms. The Morgan fingerprint density at radius 1 is 1.10 bits per heavy atom. The Bertz CT molecular complexity index is 1000. The van der Waals surface area contributed by atoms with Crippen molar-refractivity contribution >= 4 is 11.6 Å². The van der Waals surface area contributed by atoms with Crippen LogP contribution in [-0.4, -0.2) is 21.5 Å². The molecule has 8 heteroatoms. The molecule has 1 aliphatic rings. The molecule has 0 saturated heterocycles. The molecule has 0 radical (unpaired) electrons. The second kappa shape index (κ2) is 7.69. The van der Waals surface area contributed by atoms with Gasteiger partial charge >= 0.3 is 6.18 Å². The standard InChI is InChI=1S/C21H20F3N5/c1-14-5-6-19(25-10-14)29-8-7-18-17(12-29)20(28-13-27-18)26-11-15-3-2-4-16(9-15)21(22,23)24/h2-6,9-10,13H,7-8,11-12H2,1H3,(H,26,27,28). The van der Waals surface area contributed by atoms with Crippen molar-refractivity contribution in [1.82, 2.24) is 15.0 Å². The molecule has 0 aliphatic carbocycles. The predicted octanol–water partition coefficient (Wildman–Crippen LogP) is 4.37. The fourth-order valence-corrected chi connectivity index (χ4v) is 3.38. The smallest absolute Gasteiger partial charge is 0.366 e. The van der Waals surface area contributed by atoms with E-state index >= 15 is 0 Å². The average molecular weight is 399 g/mol. The van der Waals surface area contributed by atoms with Crippen molar-refractivity contribution in [2.45, 2.75) is 32.6 Å². The van der Waals surface area contributed by atoms with Crippen molar-refractivity contribution in [3.05, 3.63) is 76.9 Å². The van der Waals surface area contributed by atoms with Crippen molar-refractivity contribution in [2.75, 3.05) is 16.8 Å². The summed E-state index contributed by atoms with van der Waals surface area (Å²) in [5, 5.41) is 3.18. The normalized spacial score (nSPS) is 13.9. The van der Waals surface area contributed by atoms with Crippen LogP contribution in [0.3, 0.4) is 0 Å². The Kier molecular flexibility index (Phi) is 5.08. The number of rotatable bonds is 4. The molecule has 0 atom stereocenters. The largest absolute Gasteiger partial charge is 0.416 e. The first kappa shape index (κ1) is 19.2. The molecule has 1 N–H and O–H groups in total. The van der Waals surface area contributed by atoms with Crippen LogP contribution in [0.1, 0.15) is 27.9 Å². The number of fused-ring (bicyclic) bond motifs is 1. The van der Waals surface area contributed by atoms with Crippen LogP contribution in [0.15, 0.2) is 48.9 Å². The first-order chi connectivity index (χ1) is 13.9. The van der Waals surface area contributed by atoms with E-state index in [0.717, 1.165) is 47.7 Å². The number of hydrogen-bond acceptors (Lipinski definition) is 5. The Morgan fingerprint density at radius 2 is 1.97 bits per heavy atom. The SMILES string of the molecule is Cc1ccc(N2CCc3ncnc(NCc4cccc(C(F)(F)F)c4)c3C2)nc1. The van der Waals surface area contributed by atoms with Gasteiger partial charge in [0.25, 0.3) is 0 Å². The van der Waals surface area contributed by atoms with Gasteiger partial charge < -0.3 is 10.2 Å². The maximum absolute atomic E-state index is 12.9. The molecule has 0 fully saturated rings. The molecule has 0 spiro atoms. The van der Waals surface area contributed by atoms with Crippen LogP contribution in [0.4, 0.5) is 24.8 Å². The molecule has 1 aromatic carbocycles. The fraction of sp³-hybridized carbons (Fsp3) is 0.286. The number of nitrogens with one attached hydrogen (secondary N) is 1. The summed E-state index contributed by atoms with van der Waals surface area (Å²) in [7, 11) is 0. The van der Waals surface area contributed by atoms with Crippen molar-refractivity contribution in [2.24, 2.45) is 0 Å². The van der Waals surface area contributed by atoms with Gasteiger partial charge in [-0.2, -0.15) is 13.2 Å². The lowest BCUT2D eigenvalue weighted by atomic mass is 10.1. The molecular formula is C21H20F3N5. The molecule has 150 valence electrons. The first-order valence-corrected chi connectivity index (χ1v) is 9.30. The van der Waals surface area contributed by atoms with Crippen molar-refractivity contribution in [3.8, 4) is 0 Å². The summed E-state index contributed by atoms with van der Waals surface area (Å²) in [5.41, 5.74) is 2.89. The Labute approximate surface area is 166 Å². The van der Waals surface area contributed by atoms with E-state index in [4.69, 9.17) is 0 Å². The zero-order chi connectivity index (χ0) is 20.4. The van der Waals surface area contributed by atoms with Crippen LogP contribution < -0.4 is 10.2 Å². The maximum atomic E-state index is 12.9. The molecule has 3 heterocycles.